The number of thioether (sulfide) groups is 2. The van der Waals surface area contributed by atoms with E-state index in [0.29, 0.717) is 26.7 Å². The van der Waals surface area contributed by atoms with Gasteiger partial charge in [-0.25, -0.2) is 14.8 Å². The minimum Gasteiger partial charge on any atom is -0.504 e. The van der Waals surface area contributed by atoms with Crippen molar-refractivity contribution in [1.82, 2.24) is 20.2 Å². The number of nitrogens with one attached hydrogen (secondary N) is 1. The fraction of sp³-hybridized carbons (Fsp3) is 0.172. The number of rotatable bonds is 11. The van der Waals surface area contributed by atoms with Crippen LogP contribution in [0, 0.1) is 0 Å². The summed E-state index contributed by atoms with van der Waals surface area (Å²) in [6, 6.07) is 7.32. The summed E-state index contributed by atoms with van der Waals surface area (Å²) in [5.41, 5.74) is 7.71. The quantitative estimate of drug-likeness (QED) is 0.0289. The van der Waals surface area contributed by atoms with Gasteiger partial charge < -0.3 is 46.2 Å². The third-order valence-corrected chi connectivity index (χ3v) is 11.1. The number of amides is 2. The van der Waals surface area contributed by atoms with Crippen LogP contribution in [0.4, 0.5) is 9.93 Å². The minimum atomic E-state index is -1.61. The number of anilines is 1. The lowest BCUT2D eigenvalue weighted by Gasteiger charge is -2.49. The molecule has 1 fully saturated rings. The summed E-state index contributed by atoms with van der Waals surface area (Å²) in [7, 11) is 0. The van der Waals surface area contributed by atoms with Crippen molar-refractivity contribution in [2.24, 2.45) is 5.16 Å². The van der Waals surface area contributed by atoms with E-state index in [-0.39, 0.29) is 63.5 Å². The number of phenolic OH excluding ortho intramolecular Hbond substituents is 4. The number of hydrogen-bond acceptors (Lipinski definition) is 17. The number of nitrogens with two attached hydrogens (primary N) is 1. The summed E-state index contributed by atoms with van der Waals surface area (Å²) in [6.07, 6.45) is -1.61. The van der Waals surface area contributed by atoms with Gasteiger partial charge in [0.1, 0.15) is 23.7 Å². The minimum absolute atomic E-state index is 0.0927. The second kappa shape index (κ2) is 14.1. The van der Waals surface area contributed by atoms with E-state index in [9.17, 15) is 39.9 Å². The van der Waals surface area contributed by atoms with Crippen molar-refractivity contribution in [2.75, 3.05) is 17.2 Å². The summed E-state index contributed by atoms with van der Waals surface area (Å²) in [6.45, 7) is -0.178. The monoisotopic (exact) mass is 744 g/mol. The fourth-order valence-electron chi connectivity index (χ4n) is 4.64. The number of thiazole rings is 2. The number of hydrogen-bond donors (Lipinski definition) is 7. The zero-order chi connectivity index (χ0) is 34.8. The van der Waals surface area contributed by atoms with Gasteiger partial charge in [0.05, 0.1) is 5.69 Å². The highest BCUT2D eigenvalue weighted by atomic mass is 32.2. The Labute approximate surface area is 292 Å². The van der Waals surface area contributed by atoms with Crippen LogP contribution in [0.5, 0.6) is 23.0 Å². The van der Waals surface area contributed by atoms with Crippen molar-refractivity contribution < 1.29 is 49.5 Å². The van der Waals surface area contributed by atoms with Crippen LogP contribution >= 0.6 is 46.2 Å². The molecule has 2 aliphatic heterocycles. The number of aromatic nitrogens is 2. The molecule has 0 spiro atoms. The van der Waals surface area contributed by atoms with Crippen molar-refractivity contribution in [3.8, 4) is 34.3 Å². The molecule has 0 bridgehead atoms. The number of carboxylic acid groups (broad SMARTS) is 1. The SMILES string of the molecule is Nc1nc(C(=NOCc2ccc(O)c(O)c2)C(=O)N[C@@H]2C(=O)N3C(OC(=O)O)=C(CSc4nc(-c5ccc(O)c(O)c5)cs4)CS[C@@H]23)cs1. The molecule has 8 N–H and O–H groups in total. The molecule has 16 nitrogen and oxygen atoms in total. The summed E-state index contributed by atoms with van der Waals surface area (Å²) >= 11 is 4.99. The van der Waals surface area contributed by atoms with Crippen molar-refractivity contribution >= 4 is 75.0 Å². The van der Waals surface area contributed by atoms with Crippen LogP contribution in [0.15, 0.2) is 68.1 Å². The van der Waals surface area contributed by atoms with E-state index in [4.69, 9.17) is 15.3 Å². The molecule has 49 heavy (non-hydrogen) atoms. The van der Waals surface area contributed by atoms with Gasteiger partial charge >= 0.3 is 6.16 Å². The third kappa shape index (κ3) is 7.31. The van der Waals surface area contributed by atoms with Gasteiger partial charge in [-0.15, -0.1) is 34.4 Å². The Morgan fingerprint density at radius 3 is 2.49 bits per heavy atom. The summed E-state index contributed by atoms with van der Waals surface area (Å²) < 4.78 is 5.71. The van der Waals surface area contributed by atoms with Crippen molar-refractivity contribution in [3.63, 3.8) is 0 Å². The van der Waals surface area contributed by atoms with Crippen LogP contribution in [-0.4, -0.2) is 87.0 Å². The molecule has 20 heteroatoms. The molecule has 2 aliphatic rings. The highest BCUT2D eigenvalue weighted by Crippen LogP contribution is 2.42. The Bertz CT molecular complexity index is 2010. The Morgan fingerprint density at radius 1 is 1.04 bits per heavy atom. The van der Waals surface area contributed by atoms with Crippen LogP contribution in [0.3, 0.4) is 0 Å². The lowest BCUT2D eigenvalue weighted by atomic mass is 10.1. The number of fused-ring (bicyclic) bond motifs is 1. The van der Waals surface area contributed by atoms with Crippen LogP contribution < -0.4 is 11.1 Å². The van der Waals surface area contributed by atoms with Gasteiger partial charge in [0.25, 0.3) is 11.8 Å². The first-order chi connectivity index (χ1) is 23.5. The van der Waals surface area contributed by atoms with Gasteiger partial charge in [-0.2, -0.15) is 0 Å². The number of oxime groups is 1. The highest BCUT2D eigenvalue weighted by Gasteiger charge is 2.54. The molecule has 0 radical (unpaired) electrons. The molecule has 4 heterocycles. The van der Waals surface area contributed by atoms with E-state index in [0.717, 1.165) is 11.3 Å². The van der Waals surface area contributed by atoms with Gasteiger partial charge in [0.15, 0.2) is 38.2 Å². The number of carbonyl (C=O) groups excluding carboxylic acids is 2. The zero-order valence-electron chi connectivity index (χ0n) is 24.7. The first-order valence-corrected chi connectivity index (χ1v) is 17.7. The largest absolute Gasteiger partial charge is 0.512 e. The van der Waals surface area contributed by atoms with E-state index in [1.54, 1.807) is 11.4 Å². The molecule has 2 atom stereocenters. The molecule has 2 aromatic heterocycles. The number of aromatic hydroxyl groups is 4. The third-order valence-electron chi connectivity index (χ3n) is 6.99. The van der Waals surface area contributed by atoms with E-state index >= 15 is 0 Å². The van der Waals surface area contributed by atoms with Crippen molar-refractivity contribution in [1.29, 1.82) is 0 Å². The van der Waals surface area contributed by atoms with E-state index in [1.807, 2.05) is 0 Å². The Balaban J connectivity index is 1.14. The molecular formula is C29H24N6O10S4. The first-order valence-electron chi connectivity index (χ1n) is 13.9. The lowest BCUT2D eigenvalue weighted by Crippen LogP contribution is -2.70. The van der Waals surface area contributed by atoms with E-state index in [1.165, 1.54) is 75.5 Å². The average molecular weight is 745 g/mol. The summed E-state index contributed by atoms with van der Waals surface area (Å²) in [5, 5.41) is 57.4. The molecule has 0 aliphatic carbocycles. The van der Waals surface area contributed by atoms with Crippen molar-refractivity contribution in [2.45, 2.75) is 22.4 Å². The van der Waals surface area contributed by atoms with Crippen LogP contribution in [0.1, 0.15) is 11.3 Å². The summed E-state index contributed by atoms with van der Waals surface area (Å²) in [4.78, 5) is 53.6. The maximum absolute atomic E-state index is 13.4. The number of phenols is 4. The summed E-state index contributed by atoms with van der Waals surface area (Å²) in [5.74, 6) is -2.22. The standard InChI is InChI=1S/C29H24N6O10S4/c30-27-31-16(11-47-27)21(34-44-7-12-1-3-17(36)19(38)5-12)23(40)33-22-24(41)35-25(45-29(42)43)14(8-46-26(22)35)9-48-28-32-15(10-49-28)13-2-4-18(37)20(39)6-13/h1-6,10-11,22,26,36-39H,7-9H2,(H2,30,31)(H,33,40)(H,42,43)/t22-,26+/m1/s1. The predicted octanol–water partition coefficient (Wildman–Crippen LogP) is 3.69. The van der Waals surface area contributed by atoms with Crippen LogP contribution in [-0.2, 0) is 25.8 Å². The Kier molecular flexibility index (Phi) is 9.72. The molecule has 4 aromatic rings. The predicted molar refractivity (Wildman–Crippen MR) is 180 cm³/mol. The first kappa shape index (κ1) is 33.7. The molecule has 0 saturated carbocycles. The maximum Gasteiger partial charge on any atom is 0.512 e. The molecule has 0 unspecified atom stereocenters. The number of nitrogen functional groups attached to an aromatic ring is 1. The number of β-lactam (4-membered cyclic amide) rings is 1. The van der Waals surface area contributed by atoms with Gasteiger partial charge in [0.2, 0.25) is 5.88 Å². The molecule has 2 aromatic carbocycles. The second-order valence-corrected chi connectivity index (χ2v) is 14.3. The normalized spacial score (nSPS) is 17.3. The molecule has 254 valence electrons. The molecule has 6 rings (SSSR count). The topological polar surface area (TPSA) is 250 Å². The molecule has 1 saturated heterocycles. The highest BCUT2D eigenvalue weighted by molar-refractivity contribution is 8.01. The molecule has 2 amide bonds. The number of ether oxygens (including phenoxy) is 1. The number of nitrogens with zero attached hydrogens (tertiary/aromatic N) is 4. The van der Waals surface area contributed by atoms with Gasteiger partial charge in [-0.05, 0) is 35.9 Å². The number of carbonyl (C=O) groups is 3. The number of benzene rings is 2. The van der Waals surface area contributed by atoms with Gasteiger partial charge in [0, 0.05) is 33.4 Å². The van der Waals surface area contributed by atoms with E-state index < -0.39 is 29.4 Å². The maximum atomic E-state index is 13.4. The average Bonchev–Trinajstić information content (AvgIpc) is 3.72. The Morgan fingerprint density at radius 2 is 1.80 bits per heavy atom. The van der Waals surface area contributed by atoms with Gasteiger partial charge in [-0.1, -0.05) is 23.0 Å². The van der Waals surface area contributed by atoms with Crippen LogP contribution in [0.2, 0.25) is 0 Å². The lowest BCUT2D eigenvalue weighted by molar-refractivity contribution is -0.148. The van der Waals surface area contributed by atoms with Crippen molar-refractivity contribution in [3.05, 3.63) is 69.9 Å². The molecular weight excluding hydrogens is 721 g/mol. The Hall–Kier alpha value is -5.18. The zero-order valence-corrected chi connectivity index (χ0v) is 27.9. The fourth-order valence-corrected chi connectivity index (χ4v) is 8.47. The van der Waals surface area contributed by atoms with E-state index in [2.05, 4.69) is 20.4 Å². The van der Waals surface area contributed by atoms with Crippen LogP contribution in [0.25, 0.3) is 11.3 Å². The van der Waals surface area contributed by atoms with Gasteiger partial charge in [-0.3, -0.25) is 14.5 Å². The second-order valence-electron chi connectivity index (χ2n) is 10.2. The smallest absolute Gasteiger partial charge is 0.504 e.